The molecule has 0 aromatic heterocycles. The Bertz CT molecular complexity index is 1490. The summed E-state index contributed by atoms with van der Waals surface area (Å²) in [4.78, 5) is 59.7. The molecule has 16 heteroatoms. The van der Waals surface area contributed by atoms with Crippen molar-refractivity contribution in [3.05, 3.63) is 48.6 Å². The van der Waals surface area contributed by atoms with Crippen LogP contribution in [-0.2, 0) is 38.1 Å². The van der Waals surface area contributed by atoms with Crippen molar-refractivity contribution in [3.63, 3.8) is 0 Å². The summed E-state index contributed by atoms with van der Waals surface area (Å²) in [6, 6.07) is 0. The maximum Gasteiger partial charge on any atom is 0.305 e. The maximum absolute atomic E-state index is 12.8. The van der Waals surface area contributed by atoms with Gasteiger partial charge in [0.1, 0.15) is 50.8 Å². The van der Waals surface area contributed by atoms with Crippen LogP contribution in [0.15, 0.2) is 48.6 Å². The molecule has 0 saturated carbocycles. The number of carbonyl (C=O) groups is 4. The molecule has 86 heavy (non-hydrogen) atoms. The number of allylic oxidation sites excluding steroid dienone is 8. The third-order valence-electron chi connectivity index (χ3n) is 15.5. The molecule has 4 N–H and O–H groups in total. The fraction of sp³-hybridized carbons (Fsp3) is 0.829. The lowest BCUT2D eigenvalue weighted by atomic mass is 10.1. The average molecular weight is 1220 g/mol. The minimum atomic E-state index is -0.929. The molecule has 4 unspecified atom stereocenters. The van der Waals surface area contributed by atoms with E-state index in [0.29, 0.717) is 90.9 Å². The van der Waals surface area contributed by atoms with Crippen LogP contribution in [0.1, 0.15) is 246 Å². The van der Waals surface area contributed by atoms with Crippen LogP contribution in [0.4, 0.5) is 0 Å². The minimum Gasteiger partial charge on any atom is -0.463 e. The molecular weight excluding hydrogens is 1090 g/mol. The lowest BCUT2D eigenvalue weighted by Gasteiger charge is -2.34. The molecule has 500 valence electrons. The lowest BCUT2D eigenvalue weighted by Crippen LogP contribution is -2.47. The van der Waals surface area contributed by atoms with Gasteiger partial charge in [0.15, 0.2) is 0 Å². The Labute approximate surface area is 523 Å². The van der Waals surface area contributed by atoms with Crippen molar-refractivity contribution in [1.82, 2.24) is 19.6 Å². The Balaban J connectivity index is 3.14. The van der Waals surface area contributed by atoms with Crippen LogP contribution >= 0.6 is 0 Å². The molecule has 0 spiro atoms. The quantitative estimate of drug-likeness (QED) is 0.0194. The average Bonchev–Trinajstić information content (AvgIpc) is 3.67. The summed E-state index contributed by atoms with van der Waals surface area (Å²) in [6.07, 6.45) is 45.3. The number of hydrogen-bond donors (Lipinski definition) is 4. The summed E-state index contributed by atoms with van der Waals surface area (Å²) in [6.45, 7) is 13.6. The van der Waals surface area contributed by atoms with E-state index in [1.54, 1.807) is 0 Å². The highest BCUT2D eigenvalue weighted by Gasteiger charge is 2.23. The Kier molecular flexibility index (Phi) is 55.4. The first-order valence-corrected chi connectivity index (χ1v) is 34.7. The highest BCUT2D eigenvalue weighted by molar-refractivity contribution is 5.70. The summed E-state index contributed by atoms with van der Waals surface area (Å²) < 4.78 is 22.3. The molecule has 1 saturated heterocycles. The van der Waals surface area contributed by atoms with Crippen LogP contribution in [-0.4, -0.2) is 193 Å². The van der Waals surface area contributed by atoms with Gasteiger partial charge in [-0.3, -0.25) is 38.8 Å². The predicted molar refractivity (Wildman–Crippen MR) is 350 cm³/mol. The zero-order valence-corrected chi connectivity index (χ0v) is 55.1. The summed E-state index contributed by atoms with van der Waals surface area (Å²) in [7, 11) is 0. The molecule has 16 nitrogen and oxygen atoms in total. The maximum atomic E-state index is 12.8. The SMILES string of the molecule is CCC/C=C\CCCCCCC(=O)OCC(O)CN1CCCN(CC(O)COC(=O)CCCCCC/C=C\CCC)CCN(CC(O)COC(=O)CCCCCC/C=C\CCC)CCCN(CC(O)COC(=O)CCCCCC/C=C\CCC)CC1. The van der Waals surface area contributed by atoms with Crippen LogP contribution in [0, 0.1) is 0 Å². The second-order valence-corrected chi connectivity index (χ2v) is 24.1. The summed E-state index contributed by atoms with van der Waals surface area (Å²) in [5.41, 5.74) is 0. The number of esters is 4. The molecule has 0 aromatic carbocycles. The highest BCUT2D eigenvalue weighted by atomic mass is 16.6. The van der Waals surface area contributed by atoms with Crippen molar-refractivity contribution in [3.8, 4) is 0 Å². The van der Waals surface area contributed by atoms with Gasteiger partial charge in [-0.25, -0.2) is 0 Å². The number of unbranched alkanes of at least 4 members (excludes halogenated alkanes) is 20. The van der Waals surface area contributed by atoms with Crippen LogP contribution in [0.5, 0.6) is 0 Å². The van der Waals surface area contributed by atoms with Gasteiger partial charge < -0.3 is 39.4 Å². The van der Waals surface area contributed by atoms with E-state index in [2.05, 4.69) is 95.9 Å². The third kappa shape index (κ3) is 52.5. The molecule has 1 aliphatic rings. The number of aliphatic hydroxyl groups excluding tert-OH is 4. The molecule has 0 amide bonds. The molecular formula is C70H128N4O12. The predicted octanol–water partition coefficient (Wildman–Crippen LogP) is 12.4. The highest BCUT2D eigenvalue weighted by Crippen LogP contribution is 2.14. The molecule has 0 aliphatic carbocycles. The molecule has 1 fully saturated rings. The molecule has 1 aliphatic heterocycles. The van der Waals surface area contributed by atoms with Crippen LogP contribution in [0.3, 0.4) is 0 Å². The van der Waals surface area contributed by atoms with Gasteiger partial charge in [0.05, 0.1) is 0 Å². The minimum absolute atomic E-state index is 0.117. The Hall–Kier alpha value is -3.48. The van der Waals surface area contributed by atoms with E-state index in [1.165, 1.54) is 0 Å². The zero-order chi connectivity index (χ0) is 62.8. The number of nitrogens with zero attached hydrogens (tertiary/aromatic N) is 4. The van der Waals surface area contributed by atoms with Crippen molar-refractivity contribution in [2.75, 3.05) is 105 Å². The van der Waals surface area contributed by atoms with Crippen molar-refractivity contribution in [2.24, 2.45) is 0 Å². The summed E-state index contributed by atoms with van der Waals surface area (Å²) in [5, 5.41) is 45.3. The fourth-order valence-corrected chi connectivity index (χ4v) is 10.4. The smallest absolute Gasteiger partial charge is 0.305 e. The lowest BCUT2D eigenvalue weighted by molar-refractivity contribution is -0.148. The number of β-amino-alcohol motifs (C(OH)–C–C–N with tert-alkyl or cyclic N) is 4. The monoisotopic (exact) mass is 1220 g/mol. The van der Waals surface area contributed by atoms with Crippen molar-refractivity contribution >= 4 is 23.9 Å². The second-order valence-electron chi connectivity index (χ2n) is 24.1. The molecule has 0 radical (unpaired) electrons. The van der Waals surface area contributed by atoms with Gasteiger partial charge in [-0.2, -0.15) is 0 Å². The number of carbonyl (C=O) groups excluding carboxylic acids is 4. The third-order valence-corrected chi connectivity index (χ3v) is 15.5. The van der Waals surface area contributed by atoms with E-state index in [-0.39, 0.29) is 76.5 Å². The van der Waals surface area contributed by atoms with E-state index in [4.69, 9.17) is 18.9 Å². The molecule has 0 aromatic rings. The fourth-order valence-electron chi connectivity index (χ4n) is 10.4. The van der Waals surface area contributed by atoms with Gasteiger partial charge in [0, 0.05) is 78.0 Å². The van der Waals surface area contributed by atoms with Crippen molar-refractivity contribution < 1.29 is 58.6 Å². The molecule has 0 bridgehead atoms. The normalized spacial score (nSPS) is 16.5. The Morgan fingerprint density at radius 2 is 0.500 bits per heavy atom. The van der Waals surface area contributed by atoms with E-state index in [1.807, 2.05) is 0 Å². The van der Waals surface area contributed by atoms with E-state index in [0.717, 1.165) is 180 Å². The second kappa shape index (κ2) is 59.2. The van der Waals surface area contributed by atoms with Crippen molar-refractivity contribution in [2.45, 2.75) is 270 Å². The first kappa shape index (κ1) is 80.5. The van der Waals surface area contributed by atoms with Crippen LogP contribution < -0.4 is 0 Å². The van der Waals surface area contributed by atoms with E-state index in [9.17, 15) is 39.6 Å². The van der Waals surface area contributed by atoms with Crippen LogP contribution in [0.2, 0.25) is 0 Å². The molecule has 1 heterocycles. The van der Waals surface area contributed by atoms with Gasteiger partial charge in [0.2, 0.25) is 0 Å². The zero-order valence-electron chi connectivity index (χ0n) is 55.1. The van der Waals surface area contributed by atoms with Gasteiger partial charge in [-0.05, 0) is 142 Å². The Morgan fingerprint density at radius 1 is 0.302 bits per heavy atom. The van der Waals surface area contributed by atoms with Gasteiger partial charge in [-0.15, -0.1) is 0 Å². The molecule has 4 atom stereocenters. The van der Waals surface area contributed by atoms with E-state index >= 15 is 0 Å². The number of ether oxygens (including phenoxy) is 4. The molecule has 1 rings (SSSR count). The van der Waals surface area contributed by atoms with Gasteiger partial charge in [0.25, 0.3) is 0 Å². The topological polar surface area (TPSA) is 199 Å². The van der Waals surface area contributed by atoms with E-state index < -0.39 is 24.4 Å². The van der Waals surface area contributed by atoms with Gasteiger partial charge >= 0.3 is 23.9 Å². The first-order chi connectivity index (χ1) is 41.9. The van der Waals surface area contributed by atoms with Crippen LogP contribution in [0.25, 0.3) is 0 Å². The number of rotatable bonds is 52. The number of aliphatic hydroxyl groups is 4. The standard InChI is InChI=1S/C70H128N4O12/c1-5-9-13-17-21-25-29-33-37-43-67(79)83-59-63(75)55-71-47-41-48-73(57-65(77)61-85-69(81)45-39-35-31-27-23-19-15-11-7-3)53-54-74(58-66(78)62-86-70(82)46-40-36-32-28-24-20-16-12-8-4)50-42-49-72(52-51-71)56-64(76)60-84-68(80)44-38-34-30-26-22-18-14-10-6-2/h13-20,63-66,75-78H,5-12,21-62H2,1-4H3/b17-13-,18-14-,19-15-,20-16-. The first-order valence-electron chi connectivity index (χ1n) is 34.7. The number of hydrogen-bond acceptors (Lipinski definition) is 16. The van der Waals surface area contributed by atoms with Gasteiger partial charge in [-0.1, -0.05) is 153 Å². The Morgan fingerprint density at radius 3 is 0.709 bits per heavy atom. The largest absolute Gasteiger partial charge is 0.463 e. The summed E-state index contributed by atoms with van der Waals surface area (Å²) in [5.74, 6) is -1.26. The summed E-state index contributed by atoms with van der Waals surface area (Å²) >= 11 is 0. The van der Waals surface area contributed by atoms with Crippen molar-refractivity contribution in [1.29, 1.82) is 0 Å².